The third-order valence-corrected chi connectivity index (χ3v) is 2.79. The average molecular weight is 112 g/mol. The first-order valence-corrected chi connectivity index (χ1v) is 3.54. The topological polar surface area (TPSA) is 20.2 Å². The zero-order valence-electron chi connectivity index (χ0n) is 5.01. The lowest BCUT2D eigenvalue weighted by Gasteiger charge is -1.94. The minimum atomic E-state index is 0.454. The molecule has 0 aromatic heterocycles. The molecule has 0 radical (unpaired) electrons. The van der Waals surface area contributed by atoms with Crippen LogP contribution < -0.4 is 0 Å². The zero-order chi connectivity index (χ0) is 5.56. The highest BCUT2D eigenvalue weighted by molar-refractivity contribution is 5.00. The molecule has 0 heterocycles. The van der Waals surface area contributed by atoms with Crippen molar-refractivity contribution in [1.82, 2.24) is 0 Å². The van der Waals surface area contributed by atoms with Gasteiger partial charge in [0.2, 0.25) is 0 Å². The molecule has 0 aliphatic heterocycles. The van der Waals surface area contributed by atoms with Gasteiger partial charge < -0.3 is 5.11 Å². The molecule has 3 atom stereocenters. The Morgan fingerprint density at radius 3 is 2.25 bits per heavy atom. The van der Waals surface area contributed by atoms with E-state index >= 15 is 0 Å². The minimum Gasteiger partial charge on any atom is -0.396 e. The molecule has 2 saturated carbocycles. The van der Waals surface area contributed by atoms with Crippen molar-refractivity contribution in [3.63, 3.8) is 0 Å². The first-order chi connectivity index (χ1) is 3.93. The average Bonchev–Trinajstić information content (AvgIpc) is 2.22. The summed E-state index contributed by atoms with van der Waals surface area (Å²) < 4.78 is 0. The smallest absolute Gasteiger partial charge is 0.0464 e. The molecule has 1 nitrogen and oxygen atoms in total. The Bertz CT molecular complexity index is 83.8. The van der Waals surface area contributed by atoms with Crippen molar-refractivity contribution in [2.24, 2.45) is 17.8 Å². The van der Waals surface area contributed by atoms with Gasteiger partial charge in [0.25, 0.3) is 0 Å². The van der Waals surface area contributed by atoms with Crippen molar-refractivity contribution < 1.29 is 5.11 Å². The number of fused-ring (bicyclic) bond motifs is 1. The molecule has 8 heavy (non-hydrogen) atoms. The van der Waals surface area contributed by atoms with Crippen LogP contribution in [0.1, 0.15) is 19.3 Å². The van der Waals surface area contributed by atoms with Crippen LogP contribution >= 0.6 is 0 Å². The van der Waals surface area contributed by atoms with Crippen molar-refractivity contribution in [2.45, 2.75) is 19.3 Å². The monoisotopic (exact) mass is 112 g/mol. The molecule has 2 rings (SSSR count). The first-order valence-electron chi connectivity index (χ1n) is 3.54. The maximum Gasteiger partial charge on any atom is 0.0464 e. The number of aliphatic hydroxyl groups excluding tert-OH is 1. The van der Waals surface area contributed by atoms with Crippen LogP contribution in [0.25, 0.3) is 0 Å². The SMILES string of the molecule is OCC1[C@H]2CCC[C@@H]12. The second kappa shape index (κ2) is 1.47. The van der Waals surface area contributed by atoms with Crippen molar-refractivity contribution in [1.29, 1.82) is 0 Å². The van der Waals surface area contributed by atoms with Crippen LogP contribution in [-0.2, 0) is 0 Å². The standard InChI is InChI=1S/C7H12O/c8-4-7-5-2-1-3-6(5)7/h5-8H,1-4H2/t5-,6+,7?. The maximum atomic E-state index is 8.71. The lowest BCUT2D eigenvalue weighted by molar-refractivity contribution is 0.256. The predicted octanol–water partition coefficient (Wildman–Crippen LogP) is 1.02. The third-order valence-electron chi connectivity index (χ3n) is 2.79. The van der Waals surface area contributed by atoms with Gasteiger partial charge in [0, 0.05) is 6.61 Å². The normalized spacial score (nSPS) is 51.4. The number of rotatable bonds is 1. The molecule has 0 spiro atoms. The van der Waals surface area contributed by atoms with Crippen molar-refractivity contribution in [2.75, 3.05) is 6.61 Å². The van der Waals surface area contributed by atoms with Crippen molar-refractivity contribution in [3.8, 4) is 0 Å². The van der Waals surface area contributed by atoms with Crippen LogP contribution in [0, 0.1) is 17.8 Å². The van der Waals surface area contributed by atoms with Crippen LogP contribution in [0.2, 0.25) is 0 Å². The van der Waals surface area contributed by atoms with Crippen LogP contribution in [-0.4, -0.2) is 11.7 Å². The molecular formula is C7H12O. The minimum absolute atomic E-state index is 0.454. The summed E-state index contributed by atoms with van der Waals surface area (Å²) in [5.41, 5.74) is 0. The number of aliphatic hydroxyl groups is 1. The van der Waals surface area contributed by atoms with E-state index in [1.165, 1.54) is 19.3 Å². The van der Waals surface area contributed by atoms with Gasteiger partial charge in [-0.05, 0) is 30.6 Å². The molecule has 0 saturated heterocycles. The molecule has 0 aromatic rings. The van der Waals surface area contributed by atoms with Gasteiger partial charge in [-0.15, -0.1) is 0 Å². The molecule has 1 heteroatoms. The van der Waals surface area contributed by atoms with Gasteiger partial charge in [0.1, 0.15) is 0 Å². The van der Waals surface area contributed by atoms with E-state index in [2.05, 4.69) is 0 Å². The van der Waals surface area contributed by atoms with Crippen LogP contribution in [0.15, 0.2) is 0 Å². The van der Waals surface area contributed by atoms with Gasteiger partial charge in [-0.1, -0.05) is 6.42 Å². The molecule has 0 bridgehead atoms. The molecule has 2 aliphatic carbocycles. The summed E-state index contributed by atoms with van der Waals surface area (Å²) in [5, 5.41) is 8.71. The van der Waals surface area contributed by atoms with Gasteiger partial charge >= 0.3 is 0 Å². The fourth-order valence-corrected chi connectivity index (χ4v) is 2.24. The highest BCUT2D eigenvalue weighted by Gasteiger charge is 2.51. The number of hydrogen-bond acceptors (Lipinski definition) is 1. The van der Waals surface area contributed by atoms with Crippen LogP contribution in [0.4, 0.5) is 0 Å². The van der Waals surface area contributed by atoms with E-state index in [-0.39, 0.29) is 0 Å². The molecule has 0 amide bonds. The first kappa shape index (κ1) is 4.80. The lowest BCUT2D eigenvalue weighted by Crippen LogP contribution is -1.91. The Morgan fingerprint density at radius 2 is 1.88 bits per heavy atom. The quantitative estimate of drug-likeness (QED) is 0.537. The molecular weight excluding hydrogens is 100 g/mol. The highest BCUT2D eigenvalue weighted by Crippen LogP contribution is 2.56. The van der Waals surface area contributed by atoms with E-state index in [4.69, 9.17) is 5.11 Å². The maximum absolute atomic E-state index is 8.71. The van der Waals surface area contributed by atoms with Crippen molar-refractivity contribution >= 4 is 0 Å². The molecule has 2 aliphatic rings. The van der Waals surface area contributed by atoms with E-state index in [0.717, 1.165) is 17.8 Å². The van der Waals surface area contributed by atoms with Crippen LogP contribution in [0.5, 0.6) is 0 Å². The summed E-state index contributed by atoms with van der Waals surface area (Å²) >= 11 is 0. The summed E-state index contributed by atoms with van der Waals surface area (Å²) in [7, 11) is 0. The van der Waals surface area contributed by atoms with E-state index in [0.29, 0.717) is 6.61 Å². The summed E-state index contributed by atoms with van der Waals surface area (Å²) in [6.07, 6.45) is 4.22. The molecule has 1 N–H and O–H groups in total. The van der Waals surface area contributed by atoms with E-state index in [9.17, 15) is 0 Å². The second-order valence-corrected chi connectivity index (χ2v) is 3.11. The van der Waals surface area contributed by atoms with E-state index < -0.39 is 0 Å². The Kier molecular flexibility index (Phi) is 0.884. The Hall–Kier alpha value is -0.0400. The Labute approximate surface area is 49.7 Å². The highest BCUT2D eigenvalue weighted by atomic mass is 16.3. The number of hydrogen-bond donors (Lipinski definition) is 1. The predicted molar refractivity (Wildman–Crippen MR) is 31.4 cm³/mol. The summed E-state index contributed by atoms with van der Waals surface area (Å²) in [6.45, 7) is 0.454. The fraction of sp³-hybridized carbons (Fsp3) is 1.00. The molecule has 1 unspecified atom stereocenters. The van der Waals surface area contributed by atoms with E-state index in [1.807, 2.05) is 0 Å². The van der Waals surface area contributed by atoms with Gasteiger partial charge in [-0.3, -0.25) is 0 Å². The van der Waals surface area contributed by atoms with Gasteiger partial charge in [-0.25, -0.2) is 0 Å². The summed E-state index contributed by atoms with van der Waals surface area (Å²) in [4.78, 5) is 0. The van der Waals surface area contributed by atoms with Crippen molar-refractivity contribution in [3.05, 3.63) is 0 Å². The molecule has 0 aromatic carbocycles. The largest absolute Gasteiger partial charge is 0.396 e. The Balaban J connectivity index is 1.94. The van der Waals surface area contributed by atoms with Gasteiger partial charge in [-0.2, -0.15) is 0 Å². The summed E-state index contributed by atoms with van der Waals surface area (Å²) in [5.74, 6) is 2.61. The summed E-state index contributed by atoms with van der Waals surface area (Å²) in [6, 6.07) is 0. The van der Waals surface area contributed by atoms with E-state index in [1.54, 1.807) is 0 Å². The zero-order valence-corrected chi connectivity index (χ0v) is 5.01. The van der Waals surface area contributed by atoms with Crippen LogP contribution in [0.3, 0.4) is 0 Å². The Morgan fingerprint density at radius 1 is 1.25 bits per heavy atom. The second-order valence-electron chi connectivity index (χ2n) is 3.11. The third kappa shape index (κ3) is 0.455. The lowest BCUT2D eigenvalue weighted by atomic mass is 10.2. The van der Waals surface area contributed by atoms with Gasteiger partial charge in [0.15, 0.2) is 0 Å². The molecule has 46 valence electrons. The fourth-order valence-electron chi connectivity index (χ4n) is 2.24. The molecule has 2 fully saturated rings. The van der Waals surface area contributed by atoms with Gasteiger partial charge in [0.05, 0.1) is 0 Å².